The molecule has 186 valence electrons. The number of likely N-dealkylation sites (tertiary alicyclic amines) is 1. The summed E-state index contributed by atoms with van der Waals surface area (Å²) in [7, 11) is 0. The van der Waals surface area contributed by atoms with E-state index in [1.54, 1.807) is 24.3 Å². The number of aromatic nitrogens is 1. The molecule has 1 atom stereocenters. The summed E-state index contributed by atoms with van der Waals surface area (Å²) >= 11 is 0. The van der Waals surface area contributed by atoms with Crippen LogP contribution in [0.1, 0.15) is 44.1 Å². The van der Waals surface area contributed by atoms with Gasteiger partial charge in [-0.2, -0.15) is 18.3 Å². The maximum Gasteiger partial charge on any atom is 0.416 e. The minimum absolute atomic E-state index is 0.0254. The van der Waals surface area contributed by atoms with Crippen molar-refractivity contribution in [2.45, 2.75) is 56.3 Å². The summed E-state index contributed by atoms with van der Waals surface area (Å²) in [6.07, 6.45) is 2.69. The zero-order valence-electron chi connectivity index (χ0n) is 19.1. The molecule has 1 aromatic heterocycles. The van der Waals surface area contributed by atoms with Crippen molar-refractivity contribution >= 4 is 17.8 Å². The average molecular weight is 489 g/mol. The summed E-state index contributed by atoms with van der Waals surface area (Å²) in [5.74, 6) is 0.627. The third-order valence-electron chi connectivity index (χ3n) is 6.86. The number of anilines is 1. The fourth-order valence-corrected chi connectivity index (χ4v) is 4.70. The molecular weight excluding hydrogens is 461 g/mol. The Labute approximate surface area is 201 Å². The van der Waals surface area contributed by atoms with Gasteiger partial charge >= 0.3 is 6.18 Å². The molecule has 2 aromatic rings. The van der Waals surface area contributed by atoms with Crippen molar-refractivity contribution in [2.24, 2.45) is 11.0 Å². The van der Waals surface area contributed by atoms with Crippen LogP contribution in [0.2, 0.25) is 0 Å². The van der Waals surface area contributed by atoms with Gasteiger partial charge in [0.05, 0.1) is 22.9 Å². The van der Waals surface area contributed by atoms with Gasteiger partial charge in [-0.25, -0.2) is 4.98 Å². The number of hydrogen-bond donors (Lipinski definition) is 1. The number of rotatable bonds is 6. The molecule has 5 rings (SSSR count). The predicted molar refractivity (Wildman–Crippen MR) is 123 cm³/mol. The van der Waals surface area contributed by atoms with Crippen molar-refractivity contribution in [1.29, 1.82) is 0 Å². The number of hydrogen-bond acceptors (Lipinski definition) is 6. The van der Waals surface area contributed by atoms with Crippen molar-refractivity contribution < 1.29 is 27.8 Å². The molecule has 0 spiro atoms. The molecule has 1 saturated carbocycles. The van der Waals surface area contributed by atoms with Crippen LogP contribution in [0.4, 0.5) is 18.9 Å². The standard InChI is InChI=1S/C25H27F3N4O3/c26-25(27,28)18-7-11-29-22(15-18)35-21-5-3-19(4-6-21)32-20(8-12-30-32)16-24(34)9-13-31(14-10-24)23(33)17-1-2-17/h3-7,11-12,15,17,20,34H,1-2,8-10,13-14,16H2. The minimum Gasteiger partial charge on any atom is -0.439 e. The minimum atomic E-state index is -4.47. The van der Waals surface area contributed by atoms with E-state index in [4.69, 9.17) is 4.74 Å². The van der Waals surface area contributed by atoms with Crippen LogP contribution in [0, 0.1) is 5.92 Å². The highest BCUT2D eigenvalue weighted by Gasteiger charge is 2.41. The molecular formula is C25H27F3N4O3. The third kappa shape index (κ3) is 5.42. The van der Waals surface area contributed by atoms with Gasteiger partial charge in [-0.05, 0) is 62.4 Å². The molecule has 0 radical (unpaired) electrons. The van der Waals surface area contributed by atoms with Crippen LogP contribution < -0.4 is 9.75 Å². The van der Waals surface area contributed by atoms with Gasteiger partial charge in [-0.3, -0.25) is 9.80 Å². The number of piperidine rings is 1. The van der Waals surface area contributed by atoms with Crippen LogP contribution in [0.3, 0.4) is 0 Å². The van der Waals surface area contributed by atoms with E-state index >= 15 is 0 Å². The lowest BCUT2D eigenvalue weighted by atomic mass is 9.84. The Kier molecular flexibility index (Phi) is 6.16. The van der Waals surface area contributed by atoms with Crippen LogP contribution in [-0.4, -0.2) is 51.8 Å². The van der Waals surface area contributed by atoms with Crippen molar-refractivity contribution in [2.75, 3.05) is 18.1 Å². The van der Waals surface area contributed by atoms with E-state index in [0.717, 1.165) is 36.9 Å². The van der Waals surface area contributed by atoms with Gasteiger partial charge in [0, 0.05) is 43.9 Å². The number of carbonyl (C=O) groups is 1. The second-order valence-electron chi connectivity index (χ2n) is 9.54. The van der Waals surface area contributed by atoms with Crippen LogP contribution in [0.5, 0.6) is 11.6 Å². The van der Waals surface area contributed by atoms with Gasteiger partial charge < -0.3 is 14.7 Å². The zero-order valence-corrected chi connectivity index (χ0v) is 19.1. The van der Waals surface area contributed by atoms with E-state index in [2.05, 4.69) is 10.1 Å². The molecule has 1 unspecified atom stereocenters. The first-order valence-electron chi connectivity index (χ1n) is 11.8. The molecule has 3 aliphatic rings. The molecule has 1 aliphatic carbocycles. The summed E-state index contributed by atoms with van der Waals surface area (Å²) < 4.78 is 44.3. The Hall–Kier alpha value is -3.14. The summed E-state index contributed by atoms with van der Waals surface area (Å²) in [6, 6.07) is 8.59. The van der Waals surface area contributed by atoms with Crippen molar-refractivity contribution in [3.8, 4) is 11.6 Å². The highest BCUT2D eigenvalue weighted by molar-refractivity contribution is 5.81. The summed E-state index contributed by atoms with van der Waals surface area (Å²) in [5, 5.41) is 17.5. The first kappa shape index (κ1) is 23.6. The van der Waals surface area contributed by atoms with Crippen LogP contribution in [0.25, 0.3) is 0 Å². The van der Waals surface area contributed by atoms with E-state index in [1.807, 2.05) is 16.1 Å². The van der Waals surface area contributed by atoms with E-state index < -0.39 is 17.3 Å². The molecule has 2 fully saturated rings. The number of aliphatic hydroxyl groups is 1. The second kappa shape index (κ2) is 9.14. The Balaban J connectivity index is 1.20. The van der Waals surface area contributed by atoms with Gasteiger partial charge in [-0.1, -0.05) is 0 Å². The molecule has 7 nitrogen and oxygen atoms in total. The Morgan fingerprint density at radius 1 is 1.14 bits per heavy atom. The Morgan fingerprint density at radius 2 is 1.86 bits per heavy atom. The summed E-state index contributed by atoms with van der Waals surface area (Å²) in [6.45, 7) is 1.16. The van der Waals surface area contributed by atoms with Crippen molar-refractivity contribution in [3.05, 3.63) is 48.2 Å². The number of hydrazone groups is 1. The van der Waals surface area contributed by atoms with Gasteiger partial charge in [0.25, 0.3) is 0 Å². The lowest BCUT2D eigenvalue weighted by molar-refractivity contribution is -0.138. The van der Waals surface area contributed by atoms with Gasteiger partial charge in [0.15, 0.2) is 0 Å². The summed E-state index contributed by atoms with van der Waals surface area (Å²) in [5.41, 5.74) is -0.887. The first-order chi connectivity index (χ1) is 16.7. The largest absolute Gasteiger partial charge is 0.439 e. The number of amides is 1. The molecule has 1 amide bonds. The maximum absolute atomic E-state index is 12.9. The normalized spacial score (nSPS) is 21.9. The molecule has 1 N–H and O–H groups in total. The second-order valence-corrected chi connectivity index (χ2v) is 9.54. The lowest BCUT2D eigenvalue weighted by Crippen LogP contribution is -2.49. The van der Waals surface area contributed by atoms with Crippen LogP contribution in [0.15, 0.2) is 47.7 Å². The SMILES string of the molecule is O=C(C1CC1)N1CCC(O)(CC2CC=NN2c2ccc(Oc3cc(C(F)(F)F)ccn3)cc2)CC1. The molecule has 2 aliphatic heterocycles. The van der Waals surface area contributed by atoms with E-state index in [9.17, 15) is 23.1 Å². The number of pyridine rings is 1. The highest BCUT2D eigenvalue weighted by atomic mass is 19.4. The quantitative estimate of drug-likeness (QED) is 0.643. The van der Waals surface area contributed by atoms with E-state index in [1.165, 1.54) is 0 Å². The average Bonchev–Trinajstić information content (AvgIpc) is 3.59. The molecule has 35 heavy (non-hydrogen) atoms. The molecule has 3 heterocycles. The maximum atomic E-state index is 12.9. The number of nitrogens with zero attached hydrogens (tertiary/aromatic N) is 4. The number of halogens is 3. The lowest BCUT2D eigenvalue weighted by Gasteiger charge is -2.40. The fraction of sp³-hybridized carbons (Fsp3) is 0.480. The molecule has 1 saturated heterocycles. The number of alkyl halides is 3. The predicted octanol–water partition coefficient (Wildman–Crippen LogP) is 4.61. The highest BCUT2D eigenvalue weighted by Crippen LogP contribution is 2.37. The fourth-order valence-electron chi connectivity index (χ4n) is 4.70. The number of ether oxygens (including phenoxy) is 1. The van der Waals surface area contributed by atoms with Crippen LogP contribution in [-0.2, 0) is 11.0 Å². The topological polar surface area (TPSA) is 78.3 Å². The summed E-state index contributed by atoms with van der Waals surface area (Å²) in [4.78, 5) is 18.0. The molecule has 1 aromatic carbocycles. The number of carbonyl (C=O) groups excluding carboxylic acids is 1. The third-order valence-corrected chi connectivity index (χ3v) is 6.86. The smallest absolute Gasteiger partial charge is 0.416 e. The Morgan fingerprint density at radius 3 is 2.51 bits per heavy atom. The Bertz CT molecular complexity index is 1090. The molecule has 10 heteroatoms. The zero-order chi connectivity index (χ0) is 24.6. The van der Waals surface area contributed by atoms with Crippen LogP contribution >= 0.6 is 0 Å². The number of benzene rings is 1. The van der Waals surface area contributed by atoms with Crippen molar-refractivity contribution in [1.82, 2.24) is 9.88 Å². The van der Waals surface area contributed by atoms with Gasteiger partial charge in [0.1, 0.15) is 5.75 Å². The van der Waals surface area contributed by atoms with E-state index in [0.29, 0.717) is 44.5 Å². The van der Waals surface area contributed by atoms with Gasteiger partial charge in [-0.15, -0.1) is 0 Å². The van der Waals surface area contributed by atoms with Crippen molar-refractivity contribution in [3.63, 3.8) is 0 Å². The molecule has 0 bridgehead atoms. The van der Waals surface area contributed by atoms with E-state index in [-0.39, 0.29) is 23.7 Å². The van der Waals surface area contributed by atoms with Gasteiger partial charge in [0.2, 0.25) is 11.8 Å². The monoisotopic (exact) mass is 488 g/mol. The first-order valence-corrected chi connectivity index (χ1v) is 11.8.